The van der Waals surface area contributed by atoms with Crippen LogP contribution in [0.15, 0.2) is 24.4 Å². The molecule has 1 fully saturated rings. The molecule has 0 spiro atoms. The third kappa shape index (κ3) is 3.72. The van der Waals surface area contributed by atoms with Crippen molar-refractivity contribution < 1.29 is 11.6 Å². The number of nitrogens with two attached hydrogens (primary N) is 1. The van der Waals surface area contributed by atoms with Gasteiger partial charge in [0.25, 0.3) is 5.91 Å². The fraction of sp³-hybridized carbons (Fsp3) is 0.389. The number of aryl methyl sites for hydroxylation is 1. The van der Waals surface area contributed by atoms with Crippen LogP contribution in [-0.2, 0) is 6.50 Å². The van der Waals surface area contributed by atoms with E-state index < -0.39 is 19.3 Å². The first-order chi connectivity index (χ1) is 15.6. The molecule has 1 saturated heterocycles. The lowest BCUT2D eigenvalue weighted by Gasteiger charge is -2.23. The molecule has 4 rings (SSSR count). The minimum absolute atomic E-state index is 0.110. The van der Waals surface area contributed by atoms with Gasteiger partial charge in [-0.3, -0.25) is 9.48 Å². The van der Waals surface area contributed by atoms with Gasteiger partial charge in [-0.2, -0.15) is 10.1 Å². The summed E-state index contributed by atoms with van der Waals surface area (Å²) in [5.41, 5.74) is 6.08. The number of primary amides is 1. The fourth-order valence-electron chi connectivity index (χ4n) is 3.13. The lowest BCUT2D eigenvalue weighted by Crippen LogP contribution is -2.36. The zero-order chi connectivity index (χ0) is 23.8. The van der Waals surface area contributed by atoms with Crippen molar-refractivity contribution in [2.45, 2.75) is 32.2 Å². The van der Waals surface area contributed by atoms with Crippen LogP contribution in [0.4, 0.5) is 17.5 Å². The van der Waals surface area contributed by atoms with Crippen LogP contribution in [0, 0.1) is 0 Å². The number of rotatable bonds is 6. The quantitative estimate of drug-likeness (QED) is 0.497. The minimum atomic E-state index is -2.90. The van der Waals surface area contributed by atoms with E-state index in [4.69, 9.17) is 12.6 Å². The Hall–Kier alpha value is -3.27. The van der Waals surface area contributed by atoms with E-state index in [1.807, 2.05) is 0 Å². The number of nitrogens with zero attached hydrogens (tertiary/aromatic N) is 5. The van der Waals surface area contributed by atoms with Crippen LogP contribution in [0.25, 0.3) is 10.9 Å². The summed E-state index contributed by atoms with van der Waals surface area (Å²) in [4.78, 5) is 16.2. The van der Waals surface area contributed by atoms with Gasteiger partial charge in [-0.25, -0.2) is 0 Å². The molecule has 28 heavy (non-hydrogen) atoms. The molecule has 0 aliphatic carbocycles. The second-order valence-electron chi connectivity index (χ2n) is 6.43. The Morgan fingerprint density at radius 3 is 3.07 bits per heavy atom. The van der Waals surface area contributed by atoms with Crippen molar-refractivity contribution in [2.24, 2.45) is 5.73 Å². The van der Waals surface area contributed by atoms with Crippen LogP contribution in [0.1, 0.15) is 37.0 Å². The van der Waals surface area contributed by atoms with Crippen molar-refractivity contribution in [3.8, 4) is 0 Å². The van der Waals surface area contributed by atoms with Gasteiger partial charge < -0.3 is 21.7 Å². The van der Waals surface area contributed by atoms with E-state index in [9.17, 15) is 4.79 Å². The second kappa shape index (κ2) is 7.77. The number of piperidine rings is 1. The van der Waals surface area contributed by atoms with Crippen LogP contribution >= 0.6 is 0 Å². The molecule has 0 bridgehead atoms. The number of hydrogen-bond acceptors (Lipinski definition) is 8. The molecular formula is C18H23N9O. The zero-order valence-electron chi connectivity index (χ0n) is 19.9. The first-order valence-corrected chi connectivity index (χ1v) is 8.83. The summed E-state index contributed by atoms with van der Waals surface area (Å²) in [6.07, 6.45) is 3.16. The van der Waals surface area contributed by atoms with Crippen molar-refractivity contribution in [1.29, 1.82) is 0 Å². The highest BCUT2D eigenvalue weighted by molar-refractivity contribution is 5.96. The van der Waals surface area contributed by atoms with Crippen molar-refractivity contribution in [3.05, 3.63) is 30.1 Å². The maximum Gasteiger partial charge on any atom is 0.273 e. The van der Waals surface area contributed by atoms with Gasteiger partial charge in [-0.05, 0) is 51.0 Å². The normalized spacial score (nSPS) is 18.5. The number of anilines is 3. The topological polar surface area (TPSA) is 136 Å². The van der Waals surface area contributed by atoms with Crippen molar-refractivity contribution >= 4 is 34.3 Å². The smallest absolute Gasteiger partial charge is 0.273 e. The molecule has 2 aromatic heterocycles. The molecular weight excluding hydrogens is 358 g/mol. The number of fused-ring (bicyclic) bond motifs is 1. The molecule has 0 atom stereocenters. The van der Waals surface area contributed by atoms with Gasteiger partial charge >= 0.3 is 0 Å². The Kier molecular flexibility index (Phi) is 3.61. The van der Waals surface area contributed by atoms with E-state index in [0.29, 0.717) is 16.6 Å². The molecule has 10 heteroatoms. The monoisotopic (exact) mass is 386 g/mol. The Morgan fingerprint density at radius 1 is 1.43 bits per heavy atom. The molecule has 1 aromatic carbocycles. The van der Waals surface area contributed by atoms with Gasteiger partial charge in [-0.15, -0.1) is 10.2 Å². The summed E-state index contributed by atoms with van der Waals surface area (Å²) in [5, 5.41) is 21.8. The van der Waals surface area contributed by atoms with Crippen molar-refractivity contribution in [3.63, 3.8) is 0 Å². The maximum absolute atomic E-state index is 11.8. The largest absolute Gasteiger partial charge is 0.364 e. The standard InChI is InChI=1S/C18H23N9O/c1-2-27-14-4-3-13(9-11(14)10-21-27)22-17-15(16(19)28)25-26-18(24-17)23-12-5-7-20-8-6-12/h3-4,9-10,12,20H,2,5-8H2,1H3,(H2,19,28)(H2,22,23,24,26)/i1D3,2D2. The third-order valence-electron chi connectivity index (χ3n) is 4.53. The molecule has 1 amide bonds. The van der Waals surface area contributed by atoms with Crippen LogP contribution < -0.4 is 21.7 Å². The number of nitrogens with one attached hydrogen (secondary N) is 3. The number of aromatic nitrogens is 5. The van der Waals surface area contributed by atoms with Gasteiger partial charge in [0.15, 0.2) is 11.5 Å². The Labute approximate surface area is 168 Å². The van der Waals surface area contributed by atoms with Crippen LogP contribution in [-0.4, -0.2) is 50.0 Å². The van der Waals surface area contributed by atoms with E-state index >= 15 is 0 Å². The first-order valence-electron chi connectivity index (χ1n) is 11.3. The molecule has 3 heterocycles. The molecule has 1 aliphatic heterocycles. The summed E-state index contributed by atoms with van der Waals surface area (Å²) < 4.78 is 39.1. The van der Waals surface area contributed by atoms with E-state index in [1.54, 1.807) is 12.1 Å². The highest BCUT2D eigenvalue weighted by atomic mass is 16.1. The molecule has 146 valence electrons. The van der Waals surface area contributed by atoms with Crippen LogP contribution in [0.2, 0.25) is 0 Å². The van der Waals surface area contributed by atoms with E-state index in [2.05, 4.69) is 36.2 Å². The van der Waals surface area contributed by atoms with Gasteiger partial charge in [0.05, 0.1) is 14.5 Å². The van der Waals surface area contributed by atoms with Gasteiger partial charge in [0, 0.05) is 27.7 Å². The van der Waals surface area contributed by atoms with Crippen molar-refractivity contribution in [2.75, 3.05) is 23.7 Å². The molecule has 1 aliphatic rings. The van der Waals surface area contributed by atoms with Crippen molar-refractivity contribution in [1.82, 2.24) is 30.3 Å². The molecule has 3 aromatic rings. The summed E-state index contributed by atoms with van der Waals surface area (Å²) in [5.74, 6) is -0.432. The number of benzene rings is 1. The average molecular weight is 386 g/mol. The molecule has 0 radical (unpaired) electrons. The summed E-state index contributed by atoms with van der Waals surface area (Å²) >= 11 is 0. The number of amides is 1. The average Bonchev–Trinajstić information content (AvgIpc) is 3.17. The van der Waals surface area contributed by atoms with Gasteiger partial charge in [0.1, 0.15) is 0 Å². The molecule has 0 unspecified atom stereocenters. The third-order valence-corrected chi connectivity index (χ3v) is 4.53. The van der Waals surface area contributed by atoms with Gasteiger partial charge in [-0.1, -0.05) is 0 Å². The zero-order valence-corrected chi connectivity index (χ0v) is 14.9. The second-order valence-corrected chi connectivity index (χ2v) is 6.43. The Balaban J connectivity index is 1.63. The molecule has 5 N–H and O–H groups in total. The van der Waals surface area contributed by atoms with E-state index in [0.717, 1.165) is 30.6 Å². The summed E-state index contributed by atoms with van der Waals surface area (Å²) in [6.45, 7) is -3.83. The Bertz CT molecular complexity index is 1170. The SMILES string of the molecule is [2H]C([2H])([2H])C([2H])([2H])n1ncc2cc(Nc3nc(NC4CCNCC4)nnc3C(N)=O)ccc21. The molecule has 0 saturated carbocycles. The minimum Gasteiger partial charge on any atom is -0.364 e. The summed E-state index contributed by atoms with van der Waals surface area (Å²) in [7, 11) is 0. The lowest BCUT2D eigenvalue weighted by atomic mass is 10.1. The number of carbonyl (C=O) groups excluding carboxylic acids is 1. The number of carbonyl (C=O) groups is 1. The van der Waals surface area contributed by atoms with E-state index in [1.165, 1.54) is 12.3 Å². The predicted octanol–water partition coefficient (Wildman–Crippen LogP) is 1.25. The number of hydrogen-bond donors (Lipinski definition) is 4. The van der Waals surface area contributed by atoms with Crippen LogP contribution in [0.3, 0.4) is 0 Å². The van der Waals surface area contributed by atoms with Crippen LogP contribution in [0.5, 0.6) is 0 Å². The predicted molar refractivity (Wildman–Crippen MR) is 107 cm³/mol. The molecule has 10 nitrogen and oxygen atoms in total. The highest BCUT2D eigenvalue weighted by Gasteiger charge is 2.18. The lowest BCUT2D eigenvalue weighted by molar-refractivity contribution is 0.0995. The van der Waals surface area contributed by atoms with Gasteiger partial charge in [0.2, 0.25) is 5.95 Å². The highest BCUT2D eigenvalue weighted by Crippen LogP contribution is 2.23. The van der Waals surface area contributed by atoms with E-state index in [-0.39, 0.29) is 23.5 Å². The first kappa shape index (κ1) is 13.0. The Morgan fingerprint density at radius 2 is 2.29 bits per heavy atom. The summed E-state index contributed by atoms with van der Waals surface area (Å²) in [6, 6.07) is 4.92. The maximum atomic E-state index is 11.8. The fourth-order valence-corrected chi connectivity index (χ4v) is 3.13.